The molecule has 1 atom stereocenters. The van der Waals surface area contributed by atoms with Gasteiger partial charge >= 0.3 is 0 Å². The normalized spacial score (nSPS) is 19.3. The van der Waals surface area contributed by atoms with Crippen LogP contribution in [0.3, 0.4) is 0 Å². The molecule has 34 heavy (non-hydrogen) atoms. The van der Waals surface area contributed by atoms with Crippen molar-refractivity contribution in [3.8, 4) is 17.6 Å². The van der Waals surface area contributed by atoms with Crippen LogP contribution in [0.4, 0.5) is 0 Å². The Morgan fingerprint density at radius 3 is 2.56 bits per heavy atom. The molecule has 2 aliphatic rings. The molecule has 1 aliphatic heterocycles. The van der Waals surface area contributed by atoms with Crippen molar-refractivity contribution in [2.45, 2.75) is 46.1 Å². The first-order valence-electron chi connectivity index (χ1n) is 11.2. The first kappa shape index (κ1) is 23.7. The Kier molecular flexibility index (Phi) is 6.58. The van der Waals surface area contributed by atoms with E-state index >= 15 is 0 Å². The molecule has 2 aromatic rings. The number of nitrogens with two attached hydrogens (primary N) is 1. The number of benzene rings is 2. The first-order chi connectivity index (χ1) is 16.2. The van der Waals surface area contributed by atoms with Crippen molar-refractivity contribution >= 4 is 17.4 Å². The van der Waals surface area contributed by atoms with Gasteiger partial charge in [-0.3, -0.25) is 4.79 Å². The van der Waals surface area contributed by atoms with Crippen molar-refractivity contribution in [1.29, 1.82) is 5.26 Å². The van der Waals surface area contributed by atoms with Crippen LogP contribution in [-0.4, -0.2) is 12.4 Å². The van der Waals surface area contributed by atoms with Crippen molar-refractivity contribution in [3.05, 3.63) is 81.4 Å². The minimum Gasteiger partial charge on any atom is -0.490 e. The summed E-state index contributed by atoms with van der Waals surface area (Å²) in [6.07, 6.45) is 0.954. The van der Waals surface area contributed by atoms with Crippen LogP contribution in [0.25, 0.3) is 0 Å². The van der Waals surface area contributed by atoms with Gasteiger partial charge < -0.3 is 19.9 Å². The number of carbonyl (C=O) groups excluding carboxylic acids is 1. The van der Waals surface area contributed by atoms with E-state index in [9.17, 15) is 10.1 Å². The number of nitriles is 1. The monoisotopic (exact) mass is 478 g/mol. The van der Waals surface area contributed by atoms with E-state index in [-0.39, 0.29) is 22.7 Å². The fourth-order valence-corrected chi connectivity index (χ4v) is 4.58. The Labute approximate surface area is 204 Å². The fraction of sp³-hybridized carbons (Fsp3) is 0.333. The quantitative estimate of drug-likeness (QED) is 0.566. The van der Waals surface area contributed by atoms with Crippen LogP contribution in [0.5, 0.6) is 11.5 Å². The van der Waals surface area contributed by atoms with Crippen LogP contribution in [0.15, 0.2) is 65.3 Å². The number of Topliss-reactive ketones (excluding diaryl/α,β-unsaturated/α-hetero) is 1. The van der Waals surface area contributed by atoms with Gasteiger partial charge in [0.05, 0.1) is 12.5 Å². The van der Waals surface area contributed by atoms with E-state index in [1.807, 2.05) is 57.2 Å². The summed E-state index contributed by atoms with van der Waals surface area (Å²) in [7, 11) is 0. The maximum atomic E-state index is 13.2. The molecule has 0 saturated carbocycles. The zero-order valence-electron chi connectivity index (χ0n) is 19.5. The molecule has 1 aliphatic carbocycles. The second kappa shape index (κ2) is 9.44. The van der Waals surface area contributed by atoms with Crippen LogP contribution < -0.4 is 15.2 Å². The van der Waals surface area contributed by atoms with Gasteiger partial charge in [-0.2, -0.15) is 5.26 Å². The van der Waals surface area contributed by atoms with Gasteiger partial charge in [-0.25, -0.2) is 0 Å². The van der Waals surface area contributed by atoms with Crippen molar-refractivity contribution < 1.29 is 19.0 Å². The molecular weight excluding hydrogens is 452 g/mol. The molecule has 0 radical (unpaired) electrons. The largest absolute Gasteiger partial charge is 0.490 e. The average Bonchev–Trinajstić information content (AvgIpc) is 2.77. The van der Waals surface area contributed by atoms with E-state index in [1.54, 1.807) is 6.07 Å². The Balaban J connectivity index is 1.71. The number of halogens is 1. The molecule has 2 N–H and O–H groups in total. The highest BCUT2D eigenvalue weighted by Crippen LogP contribution is 2.48. The summed E-state index contributed by atoms with van der Waals surface area (Å²) in [5.74, 6) is 1.04. The Hall–Kier alpha value is -3.43. The maximum absolute atomic E-state index is 13.2. The Bertz CT molecular complexity index is 1220. The molecule has 0 bridgehead atoms. The van der Waals surface area contributed by atoms with Crippen LogP contribution in [0, 0.1) is 16.7 Å². The number of carbonyl (C=O) groups is 1. The van der Waals surface area contributed by atoms with Crippen molar-refractivity contribution in [2.24, 2.45) is 11.1 Å². The number of hydrogen-bond acceptors (Lipinski definition) is 6. The van der Waals surface area contributed by atoms with Crippen LogP contribution >= 0.6 is 11.6 Å². The molecule has 0 saturated heterocycles. The molecule has 0 amide bonds. The summed E-state index contributed by atoms with van der Waals surface area (Å²) in [6.45, 7) is 6.70. The van der Waals surface area contributed by atoms with Gasteiger partial charge in [0.2, 0.25) is 5.88 Å². The second-order valence-electron chi connectivity index (χ2n) is 9.26. The molecule has 6 nitrogen and oxygen atoms in total. The number of rotatable bonds is 6. The molecule has 0 fully saturated rings. The van der Waals surface area contributed by atoms with E-state index in [0.717, 1.165) is 11.1 Å². The highest BCUT2D eigenvalue weighted by molar-refractivity contribution is 6.30. The van der Waals surface area contributed by atoms with Crippen LogP contribution in [0.1, 0.15) is 50.7 Å². The summed E-state index contributed by atoms with van der Waals surface area (Å²) in [6, 6.07) is 15.0. The SMILES string of the molecule is CCOc1cc(C2C(C#N)=C(N)OC3=C2C(=O)CC(C)(C)C3)ccc1OCc1ccc(Cl)cc1. The van der Waals surface area contributed by atoms with E-state index in [4.69, 9.17) is 31.5 Å². The Morgan fingerprint density at radius 1 is 1.15 bits per heavy atom. The van der Waals surface area contributed by atoms with Crippen molar-refractivity contribution in [2.75, 3.05) is 6.61 Å². The summed E-state index contributed by atoms with van der Waals surface area (Å²) in [5, 5.41) is 10.5. The predicted molar refractivity (Wildman–Crippen MR) is 129 cm³/mol. The van der Waals surface area contributed by atoms with E-state index in [0.29, 0.717) is 53.9 Å². The molecule has 0 spiro atoms. The van der Waals surface area contributed by atoms with E-state index in [2.05, 4.69) is 6.07 Å². The smallest absolute Gasteiger partial charge is 0.205 e. The summed E-state index contributed by atoms with van der Waals surface area (Å²) >= 11 is 5.96. The fourth-order valence-electron chi connectivity index (χ4n) is 4.45. The topological polar surface area (TPSA) is 94.6 Å². The zero-order valence-corrected chi connectivity index (χ0v) is 20.2. The lowest BCUT2D eigenvalue weighted by molar-refractivity contribution is -0.119. The number of hydrogen-bond donors (Lipinski definition) is 1. The predicted octanol–water partition coefficient (Wildman–Crippen LogP) is 5.77. The third-order valence-corrected chi connectivity index (χ3v) is 6.24. The molecule has 7 heteroatoms. The average molecular weight is 479 g/mol. The van der Waals surface area contributed by atoms with Gasteiger partial charge in [0.15, 0.2) is 17.3 Å². The summed E-state index contributed by atoms with van der Waals surface area (Å²) in [5.41, 5.74) is 8.32. The summed E-state index contributed by atoms with van der Waals surface area (Å²) < 4.78 is 17.7. The lowest BCUT2D eigenvalue weighted by Crippen LogP contribution is -2.33. The molecular formula is C27H27ClN2O4. The third kappa shape index (κ3) is 4.76. The zero-order chi connectivity index (χ0) is 24.5. The Morgan fingerprint density at radius 2 is 1.88 bits per heavy atom. The number of nitrogens with zero attached hydrogens (tertiary/aromatic N) is 1. The van der Waals surface area contributed by atoms with Crippen LogP contribution in [0.2, 0.25) is 5.02 Å². The molecule has 176 valence electrons. The molecule has 2 aromatic carbocycles. The van der Waals surface area contributed by atoms with Crippen molar-refractivity contribution in [1.82, 2.24) is 0 Å². The minimum atomic E-state index is -0.609. The highest BCUT2D eigenvalue weighted by atomic mass is 35.5. The van der Waals surface area contributed by atoms with E-state index in [1.165, 1.54) is 0 Å². The highest BCUT2D eigenvalue weighted by Gasteiger charge is 2.43. The molecule has 4 rings (SSSR count). The van der Waals surface area contributed by atoms with E-state index < -0.39 is 5.92 Å². The van der Waals surface area contributed by atoms with Crippen LogP contribution in [-0.2, 0) is 16.1 Å². The first-order valence-corrected chi connectivity index (χ1v) is 11.6. The van der Waals surface area contributed by atoms with Gasteiger partial charge in [0, 0.05) is 23.4 Å². The van der Waals surface area contributed by atoms with Gasteiger partial charge in [0.1, 0.15) is 24.0 Å². The molecule has 1 unspecified atom stereocenters. The van der Waals surface area contributed by atoms with Gasteiger partial charge in [-0.15, -0.1) is 0 Å². The van der Waals surface area contributed by atoms with Gasteiger partial charge in [-0.05, 0) is 47.7 Å². The van der Waals surface area contributed by atoms with Gasteiger partial charge in [0.25, 0.3) is 0 Å². The number of allylic oxidation sites excluding steroid dienone is 3. The molecule has 1 heterocycles. The second-order valence-corrected chi connectivity index (χ2v) is 9.69. The lowest BCUT2D eigenvalue weighted by atomic mass is 9.70. The standard InChI is InChI=1S/C27H27ClN2O4/c1-4-32-22-11-17(7-10-21(22)33-15-16-5-8-18(28)9-6-16)24-19(14-29)26(30)34-23-13-27(2,3)12-20(31)25(23)24/h5-11,24H,4,12-13,15,30H2,1-3H3. The summed E-state index contributed by atoms with van der Waals surface area (Å²) in [4.78, 5) is 13.2. The lowest BCUT2D eigenvalue weighted by Gasteiger charge is -2.37. The van der Waals surface area contributed by atoms with Crippen molar-refractivity contribution in [3.63, 3.8) is 0 Å². The number of ether oxygens (including phenoxy) is 3. The number of ketones is 1. The maximum Gasteiger partial charge on any atom is 0.205 e. The van der Waals surface area contributed by atoms with Gasteiger partial charge in [-0.1, -0.05) is 43.6 Å². The molecule has 0 aromatic heterocycles. The minimum absolute atomic E-state index is 0.0301. The third-order valence-electron chi connectivity index (χ3n) is 5.98.